The van der Waals surface area contributed by atoms with E-state index in [1.54, 1.807) is 30.5 Å². The van der Waals surface area contributed by atoms with Gasteiger partial charge >= 0.3 is 11.9 Å². The Morgan fingerprint density at radius 3 is 2.28 bits per heavy atom. The molecule has 6 heteroatoms. The summed E-state index contributed by atoms with van der Waals surface area (Å²) in [5, 5.41) is 18.1. The van der Waals surface area contributed by atoms with E-state index >= 15 is 0 Å². The number of nitrogens with zero attached hydrogens (tertiary/aromatic N) is 1. The van der Waals surface area contributed by atoms with Gasteiger partial charge in [-0.25, -0.2) is 9.59 Å². The van der Waals surface area contributed by atoms with E-state index in [0.29, 0.717) is 11.4 Å². The van der Waals surface area contributed by atoms with Crippen molar-refractivity contribution in [2.24, 2.45) is 4.99 Å². The first-order valence-corrected chi connectivity index (χ1v) is 8.86. The molecule has 0 aliphatic heterocycles. The SMILES string of the molecule is Cc1ccc(C(=O)O)cc1N=Cc1ccccc1OCc1ccc(C(=O)O)cc1. The highest BCUT2D eigenvalue weighted by atomic mass is 16.5. The number of benzene rings is 3. The van der Waals surface area contributed by atoms with Gasteiger partial charge in [-0.15, -0.1) is 0 Å². The number of hydrogen-bond acceptors (Lipinski definition) is 4. The van der Waals surface area contributed by atoms with Crippen LogP contribution in [0.3, 0.4) is 0 Å². The quantitative estimate of drug-likeness (QED) is 0.570. The van der Waals surface area contributed by atoms with E-state index in [1.807, 2.05) is 31.2 Å². The van der Waals surface area contributed by atoms with Gasteiger partial charge in [-0.05, 0) is 54.4 Å². The maximum atomic E-state index is 11.2. The van der Waals surface area contributed by atoms with Crippen molar-refractivity contribution in [3.8, 4) is 5.75 Å². The summed E-state index contributed by atoms with van der Waals surface area (Å²) in [5.41, 5.74) is 3.42. The second-order valence-electron chi connectivity index (χ2n) is 6.39. The molecule has 0 aromatic heterocycles. The van der Waals surface area contributed by atoms with Gasteiger partial charge in [0.1, 0.15) is 12.4 Å². The molecule has 0 spiro atoms. The molecule has 0 heterocycles. The lowest BCUT2D eigenvalue weighted by molar-refractivity contribution is 0.0686. The number of carboxylic acid groups (broad SMARTS) is 2. The number of aryl methyl sites for hydroxylation is 1. The monoisotopic (exact) mass is 389 g/mol. The summed E-state index contributed by atoms with van der Waals surface area (Å²) in [6.45, 7) is 2.14. The number of aromatic carboxylic acids is 2. The molecule has 3 rings (SSSR count). The fourth-order valence-corrected chi connectivity index (χ4v) is 2.64. The fourth-order valence-electron chi connectivity index (χ4n) is 2.64. The maximum absolute atomic E-state index is 11.2. The largest absolute Gasteiger partial charge is 0.488 e. The van der Waals surface area contributed by atoms with E-state index in [9.17, 15) is 9.59 Å². The van der Waals surface area contributed by atoms with Crippen LogP contribution in [0.4, 0.5) is 5.69 Å². The maximum Gasteiger partial charge on any atom is 0.335 e. The second-order valence-corrected chi connectivity index (χ2v) is 6.39. The average Bonchev–Trinajstić information content (AvgIpc) is 2.72. The first kappa shape index (κ1) is 19.8. The van der Waals surface area contributed by atoms with Gasteiger partial charge in [-0.3, -0.25) is 4.99 Å². The molecule has 0 bridgehead atoms. The third-order valence-electron chi connectivity index (χ3n) is 4.31. The summed E-state index contributed by atoms with van der Waals surface area (Å²) in [7, 11) is 0. The third-order valence-corrected chi connectivity index (χ3v) is 4.31. The molecule has 3 aromatic carbocycles. The molecule has 0 fully saturated rings. The normalized spacial score (nSPS) is 10.8. The molecule has 0 saturated heterocycles. The minimum Gasteiger partial charge on any atom is -0.488 e. The van der Waals surface area contributed by atoms with Crippen molar-refractivity contribution in [2.45, 2.75) is 13.5 Å². The van der Waals surface area contributed by atoms with Crippen LogP contribution in [0.5, 0.6) is 5.75 Å². The molecule has 0 saturated carbocycles. The van der Waals surface area contributed by atoms with Crippen molar-refractivity contribution in [3.05, 3.63) is 94.5 Å². The Kier molecular flexibility index (Phi) is 6.04. The molecule has 0 amide bonds. The van der Waals surface area contributed by atoms with Crippen molar-refractivity contribution in [2.75, 3.05) is 0 Å². The van der Waals surface area contributed by atoms with Crippen LogP contribution in [0.1, 0.15) is 37.4 Å². The first-order chi connectivity index (χ1) is 13.9. The van der Waals surface area contributed by atoms with Gasteiger partial charge in [-0.2, -0.15) is 0 Å². The first-order valence-electron chi connectivity index (χ1n) is 8.86. The van der Waals surface area contributed by atoms with Gasteiger partial charge < -0.3 is 14.9 Å². The lowest BCUT2D eigenvalue weighted by atomic mass is 10.1. The highest BCUT2D eigenvalue weighted by molar-refractivity contribution is 5.90. The molecular weight excluding hydrogens is 370 g/mol. The van der Waals surface area contributed by atoms with Crippen LogP contribution in [0, 0.1) is 6.92 Å². The van der Waals surface area contributed by atoms with Crippen LogP contribution in [-0.2, 0) is 6.61 Å². The topological polar surface area (TPSA) is 96.2 Å². The molecule has 3 aromatic rings. The zero-order valence-electron chi connectivity index (χ0n) is 15.7. The molecule has 29 heavy (non-hydrogen) atoms. The van der Waals surface area contributed by atoms with Crippen molar-refractivity contribution in [1.82, 2.24) is 0 Å². The van der Waals surface area contributed by atoms with Gasteiger partial charge in [0.25, 0.3) is 0 Å². The van der Waals surface area contributed by atoms with Gasteiger partial charge in [0, 0.05) is 11.8 Å². The molecule has 0 atom stereocenters. The number of aliphatic imine (C=N–C) groups is 1. The van der Waals surface area contributed by atoms with E-state index in [0.717, 1.165) is 16.7 Å². The van der Waals surface area contributed by atoms with E-state index in [1.165, 1.54) is 18.2 Å². The Labute approximate surface area is 167 Å². The van der Waals surface area contributed by atoms with E-state index in [4.69, 9.17) is 14.9 Å². The highest BCUT2D eigenvalue weighted by Gasteiger charge is 2.07. The summed E-state index contributed by atoms with van der Waals surface area (Å²) in [4.78, 5) is 26.5. The zero-order valence-corrected chi connectivity index (χ0v) is 15.7. The third kappa shape index (κ3) is 5.07. The Bertz CT molecular complexity index is 1070. The standard InChI is InChI=1S/C23H19NO5/c1-15-6-9-18(23(27)28)12-20(15)24-13-19-4-2-3-5-21(19)29-14-16-7-10-17(11-8-16)22(25)26/h2-13H,14H2,1H3,(H,25,26)(H,27,28). The zero-order chi connectivity index (χ0) is 20.8. The van der Waals surface area contributed by atoms with Crippen molar-refractivity contribution >= 4 is 23.8 Å². The van der Waals surface area contributed by atoms with E-state index in [-0.39, 0.29) is 17.7 Å². The molecular formula is C23H19NO5. The summed E-state index contributed by atoms with van der Waals surface area (Å²) >= 11 is 0. The number of rotatable bonds is 7. The summed E-state index contributed by atoms with van der Waals surface area (Å²) < 4.78 is 5.87. The fraction of sp³-hybridized carbons (Fsp3) is 0.0870. The summed E-state index contributed by atoms with van der Waals surface area (Å²) in [6, 6.07) is 18.6. The average molecular weight is 389 g/mol. The lowest BCUT2D eigenvalue weighted by Crippen LogP contribution is -2.00. The molecule has 6 nitrogen and oxygen atoms in total. The predicted molar refractivity (Wildman–Crippen MR) is 110 cm³/mol. The van der Waals surface area contributed by atoms with Crippen LogP contribution >= 0.6 is 0 Å². The van der Waals surface area contributed by atoms with Gasteiger partial charge in [0.15, 0.2) is 0 Å². The van der Waals surface area contributed by atoms with Gasteiger partial charge in [-0.1, -0.05) is 30.3 Å². The molecule has 0 unspecified atom stereocenters. The highest BCUT2D eigenvalue weighted by Crippen LogP contribution is 2.23. The number of hydrogen-bond donors (Lipinski definition) is 2. The smallest absolute Gasteiger partial charge is 0.335 e. The van der Waals surface area contributed by atoms with Gasteiger partial charge in [0.2, 0.25) is 0 Å². The van der Waals surface area contributed by atoms with Crippen LogP contribution in [0.25, 0.3) is 0 Å². The van der Waals surface area contributed by atoms with Gasteiger partial charge in [0.05, 0.1) is 16.8 Å². The van der Waals surface area contributed by atoms with E-state index in [2.05, 4.69) is 4.99 Å². The molecule has 2 N–H and O–H groups in total. The number of ether oxygens (including phenoxy) is 1. The molecule has 146 valence electrons. The molecule has 0 radical (unpaired) electrons. The summed E-state index contributed by atoms with van der Waals surface area (Å²) in [6.07, 6.45) is 1.64. The number of para-hydroxylation sites is 1. The Morgan fingerprint density at radius 1 is 0.931 bits per heavy atom. The van der Waals surface area contributed by atoms with Crippen LogP contribution < -0.4 is 4.74 Å². The number of carbonyl (C=O) groups is 2. The lowest BCUT2D eigenvalue weighted by Gasteiger charge is -2.09. The van der Waals surface area contributed by atoms with Crippen LogP contribution in [0.15, 0.2) is 71.7 Å². The van der Waals surface area contributed by atoms with Crippen LogP contribution in [0.2, 0.25) is 0 Å². The Balaban J connectivity index is 1.77. The minimum absolute atomic E-state index is 0.178. The van der Waals surface area contributed by atoms with E-state index < -0.39 is 11.9 Å². The van der Waals surface area contributed by atoms with Crippen molar-refractivity contribution in [3.63, 3.8) is 0 Å². The second kappa shape index (κ2) is 8.84. The van der Waals surface area contributed by atoms with Crippen molar-refractivity contribution < 1.29 is 24.5 Å². The Morgan fingerprint density at radius 2 is 1.59 bits per heavy atom. The predicted octanol–water partition coefficient (Wildman–Crippen LogP) is 4.72. The minimum atomic E-state index is -1.00. The molecule has 0 aliphatic rings. The van der Waals surface area contributed by atoms with Crippen molar-refractivity contribution in [1.29, 1.82) is 0 Å². The summed E-state index contributed by atoms with van der Waals surface area (Å²) in [5.74, 6) is -1.36. The molecule has 0 aliphatic carbocycles. The number of carboxylic acids is 2. The Hall–Kier alpha value is -3.93. The van der Waals surface area contributed by atoms with Crippen LogP contribution in [-0.4, -0.2) is 28.4 Å².